The molecule has 1 aromatic heterocycles. The van der Waals surface area contributed by atoms with Gasteiger partial charge in [-0.1, -0.05) is 53.1 Å². The number of aryl methyl sites for hydroxylation is 1. The van der Waals surface area contributed by atoms with E-state index < -0.39 is 14.9 Å². The molecule has 36 heavy (non-hydrogen) atoms. The predicted molar refractivity (Wildman–Crippen MR) is 126 cm³/mol. The molecular formula is C22H19KN8O4S. The van der Waals surface area contributed by atoms with Crippen LogP contribution in [0.1, 0.15) is 11.1 Å². The van der Waals surface area contributed by atoms with Crippen molar-refractivity contribution in [2.45, 2.75) is 18.4 Å². The van der Waals surface area contributed by atoms with Gasteiger partial charge in [-0.2, -0.15) is 5.10 Å². The fraction of sp³-hybridized carbons (Fsp3) is 0.0909. The van der Waals surface area contributed by atoms with Gasteiger partial charge >= 0.3 is 51.4 Å². The number of benzene rings is 3. The van der Waals surface area contributed by atoms with Crippen LogP contribution in [0, 0.1) is 17.0 Å². The molecule has 0 unspecified atom stereocenters. The van der Waals surface area contributed by atoms with Gasteiger partial charge in [0.15, 0.2) is 0 Å². The van der Waals surface area contributed by atoms with Crippen molar-refractivity contribution in [2.75, 3.05) is 0 Å². The second-order valence-corrected chi connectivity index (χ2v) is 8.94. The van der Waals surface area contributed by atoms with Crippen molar-refractivity contribution in [3.63, 3.8) is 0 Å². The zero-order chi connectivity index (χ0) is 24.8. The number of hydrogen-bond acceptors (Lipinski definition) is 7. The van der Waals surface area contributed by atoms with E-state index in [-0.39, 0.29) is 74.1 Å². The van der Waals surface area contributed by atoms with Crippen LogP contribution < -0.4 is 57.0 Å². The fourth-order valence-corrected chi connectivity index (χ4v) is 3.91. The van der Waals surface area contributed by atoms with Crippen LogP contribution >= 0.6 is 0 Å². The number of hydrogen-bond donors (Lipinski definition) is 0. The topological polar surface area (TPSA) is 151 Å². The maximum absolute atomic E-state index is 12.8. The van der Waals surface area contributed by atoms with Gasteiger partial charge in [-0.15, -0.1) is 5.11 Å². The molecule has 0 aliphatic carbocycles. The first kappa shape index (κ1) is 27.6. The van der Waals surface area contributed by atoms with Crippen LogP contribution in [-0.4, -0.2) is 27.8 Å². The third-order valence-electron chi connectivity index (χ3n) is 4.78. The Bertz CT molecular complexity index is 1530. The van der Waals surface area contributed by atoms with Crippen molar-refractivity contribution in [1.29, 1.82) is 0 Å². The first-order chi connectivity index (χ1) is 16.8. The van der Waals surface area contributed by atoms with Crippen LogP contribution in [0.4, 0.5) is 11.4 Å². The summed E-state index contributed by atoms with van der Waals surface area (Å²) >= 11 is 0. The second-order valence-electron chi connectivity index (χ2n) is 7.35. The third-order valence-corrected chi connectivity index (χ3v) is 6.04. The molecule has 0 aliphatic rings. The number of nitro groups is 1. The van der Waals surface area contributed by atoms with Gasteiger partial charge < -0.3 is 9.51 Å². The quantitative estimate of drug-likeness (QED) is 0.144. The Morgan fingerprint density at radius 2 is 1.67 bits per heavy atom. The molecule has 0 amide bonds. The van der Waals surface area contributed by atoms with Crippen molar-refractivity contribution in [2.24, 2.45) is 15.4 Å². The molecule has 0 fully saturated rings. The van der Waals surface area contributed by atoms with E-state index in [1.165, 1.54) is 47.4 Å². The minimum atomic E-state index is -4.06. The van der Waals surface area contributed by atoms with Gasteiger partial charge in [0.1, 0.15) is 16.4 Å². The molecule has 4 rings (SSSR count). The van der Waals surface area contributed by atoms with E-state index in [0.717, 1.165) is 15.8 Å². The van der Waals surface area contributed by atoms with Crippen molar-refractivity contribution < 1.29 is 64.7 Å². The van der Waals surface area contributed by atoms with Crippen LogP contribution in [0.3, 0.4) is 0 Å². The molecule has 0 saturated heterocycles. The number of rotatable bonds is 8. The Kier molecular flexibility index (Phi) is 9.41. The van der Waals surface area contributed by atoms with Gasteiger partial charge in [-0.25, -0.2) is 13.1 Å². The zero-order valence-electron chi connectivity index (χ0n) is 19.4. The Labute approximate surface area is 249 Å². The van der Waals surface area contributed by atoms with E-state index in [2.05, 4.69) is 25.4 Å². The molecule has 4 aromatic rings. The summed E-state index contributed by atoms with van der Waals surface area (Å²) in [6, 6.07) is 21.1. The molecule has 178 valence electrons. The average Bonchev–Trinajstić information content (AvgIpc) is 3.20. The van der Waals surface area contributed by atoms with Gasteiger partial charge in [0.05, 0.1) is 22.1 Å². The number of aromatic nitrogens is 3. The van der Waals surface area contributed by atoms with Crippen LogP contribution in [0.2, 0.25) is 0 Å². The summed E-state index contributed by atoms with van der Waals surface area (Å²) in [4.78, 5) is 14.1. The number of nitro benzene ring substituents is 1. The van der Waals surface area contributed by atoms with Crippen LogP contribution in [0.5, 0.6) is 0 Å². The van der Waals surface area contributed by atoms with E-state index in [1.807, 2.05) is 37.3 Å². The molecule has 1 heterocycles. The fourth-order valence-electron chi connectivity index (χ4n) is 2.98. The molecule has 3 aromatic carbocycles. The van der Waals surface area contributed by atoms with Gasteiger partial charge in [-0.3, -0.25) is 10.1 Å². The maximum Gasteiger partial charge on any atom is 1.00 e. The summed E-state index contributed by atoms with van der Waals surface area (Å²) in [5.41, 5.74) is 2.06. The van der Waals surface area contributed by atoms with Crippen molar-refractivity contribution in [3.8, 4) is 0 Å². The molecule has 0 atom stereocenters. The van der Waals surface area contributed by atoms with E-state index in [9.17, 15) is 18.5 Å². The molecule has 14 heteroatoms. The van der Waals surface area contributed by atoms with Crippen LogP contribution in [-0.2, 0) is 16.6 Å². The Balaban J connectivity index is 0.00000361. The van der Waals surface area contributed by atoms with E-state index >= 15 is 0 Å². The molecule has 0 saturated carbocycles. The maximum atomic E-state index is 12.8. The first-order valence-electron chi connectivity index (χ1n) is 10.2. The second kappa shape index (κ2) is 12.3. The van der Waals surface area contributed by atoms with Crippen molar-refractivity contribution >= 4 is 21.4 Å². The normalized spacial score (nSPS) is 11.9. The molecule has 12 nitrogen and oxygen atoms in total. The molecular weight excluding hydrogens is 511 g/mol. The van der Waals surface area contributed by atoms with E-state index in [1.54, 1.807) is 12.1 Å². The van der Waals surface area contributed by atoms with E-state index in [0.29, 0.717) is 5.69 Å². The largest absolute Gasteiger partial charge is 1.00 e. The van der Waals surface area contributed by atoms with Gasteiger partial charge in [0.25, 0.3) is 5.69 Å². The standard InChI is InChI=1S/C22H19N8O4S.K/c1-17-7-13-21(14-8-17)35(33,34)27-29-16-23-28(15-18-5-3-2-4-6-18)22(29)25-26-24-19-9-11-20(12-10-19)30(31)32;/h2-14,16H,15H2,1H3;/q-1;+1. The number of non-ortho nitro benzene ring substituents is 1. The van der Waals surface area contributed by atoms with E-state index in [4.69, 9.17) is 0 Å². The summed E-state index contributed by atoms with van der Waals surface area (Å²) in [5.74, 6) is 0. The minimum Gasteiger partial charge on any atom is -0.502 e. The average molecular weight is 531 g/mol. The minimum absolute atomic E-state index is 0. The van der Waals surface area contributed by atoms with Gasteiger partial charge in [0.2, 0.25) is 5.62 Å². The first-order valence-corrected chi connectivity index (χ1v) is 11.7. The molecule has 0 N–H and O–H groups in total. The Morgan fingerprint density at radius 1 is 1.00 bits per heavy atom. The summed E-state index contributed by atoms with van der Waals surface area (Å²) in [7, 11) is -4.06. The number of nitrogens with zero attached hydrogens (tertiary/aromatic N) is 8. The molecule has 0 radical (unpaired) electrons. The third kappa shape index (κ3) is 7.02. The van der Waals surface area contributed by atoms with Crippen molar-refractivity contribution in [1.82, 2.24) is 14.5 Å². The molecule has 0 bridgehead atoms. The SMILES string of the molecule is Cc1ccc(S(=O)(=O)[N-]n2cnn(Cc3ccccc3)c2=NN=Nc2ccc([N+](=O)[O-])cc2)cc1.[K+]. The predicted octanol–water partition coefficient (Wildman–Crippen LogP) is 1.08. The summed E-state index contributed by atoms with van der Waals surface area (Å²) in [6.45, 7) is 2.13. The van der Waals surface area contributed by atoms with Crippen LogP contribution in [0.25, 0.3) is 4.83 Å². The van der Waals surface area contributed by atoms with Gasteiger partial charge in [-0.05, 0) is 42.0 Å². The Morgan fingerprint density at radius 3 is 2.31 bits per heavy atom. The Hall–Kier alpha value is -3.01. The monoisotopic (exact) mass is 530 g/mol. The van der Waals surface area contributed by atoms with Gasteiger partial charge in [0, 0.05) is 12.1 Å². The summed E-state index contributed by atoms with van der Waals surface area (Å²) in [6.07, 6.45) is 1.22. The number of sulfonamides is 1. The smallest absolute Gasteiger partial charge is 0.502 e. The van der Waals surface area contributed by atoms with Crippen LogP contribution in [0.15, 0.2) is 106 Å². The molecule has 0 spiro atoms. The van der Waals surface area contributed by atoms with Crippen molar-refractivity contribution in [3.05, 3.63) is 117 Å². The molecule has 0 aliphatic heterocycles. The summed E-state index contributed by atoms with van der Waals surface area (Å²) < 4.78 is 28.1. The zero-order valence-corrected chi connectivity index (χ0v) is 23.3. The summed E-state index contributed by atoms with van der Waals surface area (Å²) in [5, 5.41) is 26.8.